The topological polar surface area (TPSA) is 77.5 Å². The summed E-state index contributed by atoms with van der Waals surface area (Å²) in [6.07, 6.45) is 0. The summed E-state index contributed by atoms with van der Waals surface area (Å²) >= 11 is 1.49. The van der Waals surface area contributed by atoms with Crippen LogP contribution < -0.4 is 14.2 Å². The van der Waals surface area contributed by atoms with Crippen LogP contribution in [0.15, 0.2) is 52.7 Å². The lowest BCUT2D eigenvalue weighted by Crippen LogP contribution is -2.24. The molecular formula is C19H20N2O4S2. The highest BCUT2D eigenvalue weighted by Gasteiger charge is 2.21. The molecule has 0 amide bonds. The Hall–Kier alpha value is -2.42. The van der Waals surface area contributed by atoms with Gasteiger partial charge in [-0.05, 0) is 24.6 Å². The highest BCUT2D eigenvalue weighted by atomic mass is 32.2. The summed E-state index contributed by atoms with van der Waals surface area (Å²) in [4.78, 5) is 4.58. The first-order valence-electron chi connectivity index (χ1n) is 8.16. The third-order valence-corrected chi connectivity index (χ3v) is 6.38. The molecule has 3 rings (SSSR count). The number of sulfonamides is 1. The molecule has 142 valence electrons. The maximum absolute atomic E-state index is 12.7. The summed E-state index contributed by atoms with van der Waals surface area (Å²) in [7, 11) is -0.881. The smallest absolute Gasteiger partial charge is 0.244 e. The van der Waals surface area contributed by atoms with E-state index in [1.807, 2.05) is 36.6 Å². The Morgan fingerprint density at radius 2 is 1.89 bits per heavy atom. The van der Waals surface area contributed by atoms with Crippen LogP contribution in [-0.4, -0.2) is 27.6 Å². The predicted molar refractivity (Wildman–Crippen MR) is 106 cm³/mol. The molecule has 0 aliphatic rings. The molecule has 0 radical (unpaired) electrons. The third-order valence-electron chi connectivity index (χ3n) is 4.03. The quantitative estimate of drug-likeness (QED) is 0.651. The Balaban J connectivity index is 1.80. The first-order chi connectivity index (χ1) is 12.9. The SMILES string of the molecule is COc1ccc(OC)c(S(=O)(=O)NCc2csc(-c3ccccc3C)n2)c1. The van der Waals surface area contributed by atoms with Crippen LogP contribution in [0.5, 0.6) is 11.5 Å². The molecule has 3 aromatic rings. The van der Waals surface area contributed by atoms with Crippen LogP contribution in [0.1, 0.15) is 11.3 Å². The first-order valence-corrected chi connectivity index (χ1v) is 10.5. The Bertz CT molecular complexity index is 1050. The van der Waals surface area contributed by atoms with Gasteiger partial charge in [-0.3, -0.25) is 0 Å². The molecule has 1 heterocycles. The van der Waals surface area contributed by atoms with Crippen molar-refractivity contribution in [2.24, 2.45) is 0 Å². The molecule has 1 aromatic heterocycles. The van der Waals surface area contributed by atoms with Gasteiger partial charge in [0.2, 0.25) is 10.0 Å². The van der Waals surface area contributed by atoms with Crippen molar-refractivity contribution in [3.05, 3.63) is 59.1 Å². The Kier molecular flexibility index (Phi) is 5.79. The average molecular weight is 405 g/mol. The van der Waals surface area contributed by atoms with E-state index in [0.29, 0.717) is 11.4 Å². The van der Waals surface area contributed by atoms with Crippen molar-refractivity contribution in [2.45, 2.75) is 18.4 Å². The summed E-state index contributed by atoms with van der Waals surface area (Å²) in [6.45, 7) is 2.11. The van der Waals surface area contributed by atoms with Gasteiger partial charge in [0.05, 0.1) is 26.5 Å². The van der Waals surface area contributed by atoms with Gasteiger partial charge in [0.25, 0.3) is 0 Å². The number of ether oxygens (including phenoxy) is 2. The molecular weight excluding hydrogens is 384 g/mol. The van der Waals surface area contributed by atoms with Crippen molar-refractivity contribution >= 4 is 21.4 Å². The Morgan fingerprint density at radius 3 is 2.59 bits per heavy atom. The van der Waals surface area contributed by atoms with Gasteiger partial charge in [0, 0.05) is 17.0 Å². The minimum atomic E-state index is -3.79. The van der Waals surface area contributed by atoms with Gasteiger partial charge in [-0.15, -0.1) is 11.3 Å². The van der Waals surface area contributed by atoms with E-state index in [2.05, 4.69) is 9.71 Å². The molecule has 0 spiro atoms. The number of methoxy groups -OCH3 is 2. The maximum Gasteiger partial charge on any atom is 0.244 e. The first kappa shape index (κ1) is 19.3. The van der Waals surface area contributed by atoms with E-state index in [4.69, 9.17) is 9.47 Å². The van der Waals surface area contributed by atoms with Crippen molar-refractivity contribution in [1.29, 1.82) is 0 Å². The van der Waals surface area contributed by atoms with Gasteiger partial charge in [0.1, 0.15) is 21.4 Å². The normalized spacial score (nSPS) is 11.4. The highest BCUT2D eigenvalue weighted by Crippen LogP contribution is 2.29. The fourth-order valence-corrected chi connectivity index (χ4v) is 4.66. The highest BCUT2D eigenvalue weighted by molar-refractivity contribution is 7.89. The van der Waals surface area contributed by atoms with Gasteiger partial charge in [-0.2, -0.15) is 0 Å². The molecule has 27 heavy (non-hydrogen) atoms. The van der Waals surface area contributed by atoms with E-state index >= 15 is 0 Å². The van der Waals surface area contributed by atoms with Crippen molar-refractivity contribution in [3.8, 4) is 22.1 Å². The Labute approximate surface area is 162 Å². The molecule has 0 fully saturated rings. The second-order valence-corrected chi connectivity index (χ2v) is 8.39. The average Bonchev–Trinajstić information content (AvgIpc) is 3.15. The zero-order valence-corrected chi connectivity index (χ0v) is 16.9. The predicted octanol–water partition coefficient (Wildman–Crippen LogP) is 3.61. The molecule has 0 aliphatic heterocycles. The number of thiazole rings is 1. The van der Waals surface area contributed by atoms with E-state index in [1.54, 1.807) is 12.1 Å². The van der Waals surface area contributed by atoms with E-state index in [-0.39, 0.29) is 17.2 Å². The van der Waals surface area contributed by atoms with Crippen LogP contribution in [0.4, 0.5) is 0 Å². The number of rotatable bonds is 7. The molecule has 0 atom stereocenters. The lowest BCUT2D eigenvalue weighted by molar-refractivity contribution is 0.392. The fraction of sp³-hybridized carbons (Fsp3) is 0.211. The third kappa shape index (κ3) is 4.29. The van der Waals surface area contributed by atoms with Gasteiger partial charge in [-0.1, -0.05) is 24.3 Å². The summed E-state index contributed by atoms with van der Waals surface area (Å²) < 4.78 is 38.3. The number of aromatic nitrogens is 1. The monoisotopic (exact) mass is 404 g/mol. The van der Waals surface area contributed by atoms with Crippen LogP contribution in [0.25, 0.3) is 10.6 Å². The molecule has 1 N–H and O–H groups in total. The number of benzene rings is 2. The van der Waals surface area contributed by atoms with Crippen molar-refractivity contribution < 1.29 is 17.9 Å². The molecule has 0 bridgehead atoms. The van der Waals surface area contributed by atoms with Crippen LogP contribution in [0.3, 0.4) is 0 Å². The lowest BCUT2D eigenvalue weighted by Gasteiger charge is -2.11. The molecule has 0 saturated carbocycles. The largest absolute Gasteiger partial charge is 0.497 e. The number of hydrogen-bond donors (Lipinski definition) is 1. The van der Waals surface area contributed by atoms with Crippen molar-refractivity contribution in [1.82, 2.24) is 9.71 Å². The molecule has 6 nitrogen and oxygen atoms in total. The zero-order valence-electron chi connectivity index (χ0n) is 15.2. The minimum Gasteiger partial charge on any atom is -0.497 e. The zero-order chi connectivity index (χ0) is 19.4. The minimum absolute atomic E-state index is 0.0266. The van der Waals surface area contributed by atoms with Crippen LogP contribution in [-0.2, 0) is 16.6 Å². The van der Waals surface area contributed by atoms with Crippen LogP contribution in [0.2, 0.25) is 0 Å². The summed E-state index contributed by atoms with van der Waals surface area (Å²) in [6, 6.07) is 12.6. The Morgan fingerprint density at radius 1 is 1.11 bits per heavy atom. The second-order valence-electron chi connectivity index (χ2n) is 5.80. The molecule has 0 saturated heterocycles. The van der Waals surface area contributed by atoms with Crippen LogP contribution >= 0.6 is 11.3 Å². The van der Waals surface area contributed by atoms with Crippen LogP contribution in [0, 0.1) is 6.92 Å². The van der Waals surface area contributed by atoms with Crippen molar-refractivity contribution in [3.63, 3.8) is 0 Å². The fourth-order valence-electron chi connectivity index (χ4n) is 2.57. The lowest BCUT2D eigenvalue weighted by atomic mass is 10.1. The summed E-state index contributed by atoms with van der Waals surface area (Å²) in [5.74, 6) is 0.689. The van der Waals surface area contributed by atoms with Gasteiger partial charge in [0.15, 0.2) is 0 Å². The molecule has 0 unspecified atom stereocenters. The van der Waals surface area contributed by atoms with E-state index in [1.165, 1.54) is 31.6 Å². The van der Waals surface area contributed by atoms with Gasteiger partial charge >= 0.3 is 0 Å². The molecule has 0 aliphatic carbocycles. The molecule has 2 aromatic carbocycles. The molecule has 8 heteroatoms. The number of nitrogens with zero attached hydrogens (tertiary/aromatic N) is 1. The van der Waals surface area contributed by atoms with Gasteiger partial charge < -0.3 is 9.47 Å². The summed E-state index contributed by atoms with van der Waals surface area (Å²) in [5, 5.41) is 2.72. The summed E-state index contributed by atoms with van der Waals surface area (Å²) in [5.41, 5.74) is 2.83. The number of hydrogen-bond acceptors (Lipinski definition) is 6. The maximum atomic E-state index is 12.7. The standard InChI is InChI=1S/C19H20N2O4S2/c1-13-6-4-5-7-16(13)19-21-14(12-26-19)11-20-27(22,23)18-10-15(24-2)8-9-17(18)25-3/h4-10,12,20H,11H2,1-3H3. The number of nitrogens with one attached hydrogen (secondary N) is 1. The second kappa shape index (κ2) is 8.08. The van der Waals surface area contributed by atoms with Gasteiger partial charge in [-0.25, -0.2) is 18.1 Å². The van der Waals surface area contributed by atoms with E-state index < -0.39 is 10.0 Å². The van der Waals surface area contributed by atoms with E-state index in [0.717, 1.165) is 16.1 Å². The van der Waals surface area contributed by atoms with Crippen molar-refractivity contribution in [2.75, 3.05) is 14.2 Å². The van der Waals surface area contributed by atoms with E-state index in [9.17, 15) is 8.42 Å². The number of aryl methyl sites for hydroxylation is 1.